The van der Waals surface area contributed by atoms with Crippen LogP contribution in [0.5, 0.6) is 0 Å². The summed E-state index contributed by atoms with van der Waals surface area (Å²) in [7, 11) is 0. The van der Waals surface area contributed by atoms with Gasteiger partial charge in [-0.25, -0.2) is 0 Å². The van der Waals surface area contributed by atoms with Gasteiger partial charge in [0.2, 0.25) is 5.91 Å². The van der Waals surface area contributed by atoms with E-state index in [1.165, 1.54) is 0 Å². The topological polar surface area (TPSA) is 55.1 Å². The van der Waals surface area contributed by atoms with Crippen molar-refractivity contribution in [2.45, 2.75) is 19.4 Å². The van der Waals surface area contributed by atoms with E-state index < -0.39 is 6.04 Å². The smallest absolute Gasteiger partial charge is 0.237 e. The van der Waals surface area contributed by atoms with Crippen LogP contribution in [0.1, 0.15) is 13.3 Å². The van der Waals surface area contributed by atoms with Crippen molar-refractivity contribution in [3.63, 3.8) is 0 Å². The predicted molar refractivity (Wildman–Crippen MR) is 46.3 cm³/mol. The first-order valence-electron chi connectivity index (χ1n) is 3.44. The number of halogens is 1. The molecular formula is C7H13ClN2O. The van der Waals surface area contributed by atoms with Gasteiger partial charge in [-0.2, -0.15) is 0 Å². The number of nitrogens with one attached hydrogen (secondary N) is 1. The van der Waals surface area contributed by atoms with Crippen LogP contribution in [0.4, 0.5) is 0 Å². The summed E-state index contributed by atoms with van der Waals surface area (Å²) in [4.78, 5) is 10.9. The molecule has 0 fully saturated rings. The molecule has 0 aromatic heterocycles. The lowest BCUT2D eigenvalue weighted by molar-refractivity contribution is -0.122. The van der Waals surface area contributed by atoms with E-state index in [4.69, 9.17) is 17.3 Å². The summed E-state index contributed by atoms with van der Waals surface area (Å²) in [6.45, 7) is 5.55. The van der Waals surface area contributed by atoms with Gasteiger partial charge in [-0.1, -0.05) is 25.1 Å². The molecule has 3 N–H and O–H groups in total. The number of amides is 1. The molecule has 1 amide bonds. The highest BCUT2D eigenvalue weighted by Gasteiger charge is 2.09. The van der Waals surface area contributed by atoms with Gasteiger partial charge in [0.25, 0.3) is 0 Å². The molecule has 0 aliphatic heterocycles. The van der Waals surface area contributed by atoms with Crippen molar-refractivity contribution >= 4 is 17.5 Å². The van der Waals surface area contributed by atoms with Gasteiger partial charge in [-0.15, -0.1) is 0 Å². The Balaban J connectivity index is 3.60. The third kappa shape index (κ3) is 4.81. The van der Waals surface area contributed by atoms with Crippen molar-refractivity contribution in [3.8, 4) is 0 Å². The molecule has 0 aromatic rings. The van der Waals surface area contributed by atoms with Crippen LogP contribution in [-0.2, 0) is 4.79 Å². The van der Waals surface area contributed by atoms with Crippen molar-refractivity contribution in [2.75, 3.05) is 6.54 Å². The SMILES string of the molecule is C=C(Cl)CNC(=O)[C@@H](N)CC. The van der Waals surface area contributed by atoms with E-state index in [9.17, 15) is 4.79 Å². The summed E-state index contributed by atoms with van der Waals surface area (Å²) in [5.74, 6) is -0.186. The minimum atomic E-state index is -0.439. The van der Waals surface area contributed by atoms with Crippen molar-refractivity contribution < 1.29 is 4.79 Å². The number of rotatable bonds is 4. The molecule has 0 aliphatic carbocycles. The molecule has 0 rings (SSSR count). The minimum absolute atomic E-state index is 0.186. The number of nitrogens with two attached hydrogens (primary N) is 1. The Kier molecular flexibility index (Phi) is 4.90. The highest BCUT2D eigenvalue weighted by atomic mass is 35.5. The lowest BCUT2D eigenvalue weighted by atomic mass is 10.2. The van der Waals surface area contributed by atoms with E-state index in [1.807, 2.05) is 6.92 Å². The zero-order chi connectivity index (χ0) is 8.85. The van der Waals surface area contributed by atoms with Crippen LogP contribution < -0.4 is 11.1 Å². The molecule has 0 saturated heterocycles. The fourth-order valence-corrected chi connectivity index (χ4v) is 0.566. The van der Waals surface area contributed by atoms with Crippen LogP contribution >= 0.6 is 11.6 Å². The van der Waals surface area contributed by atoms with Crippen LogP contribution in [0, 0.1) is 0 Å². The molecule has 0 spiro atoms. The zero-order valence-electron chi connectivity index (χ0n) is 6.56. The third-order valence-electron chi connectivity index (χ3n) is 1.23. The predicted octanol–water partition coefficient (Wildman–Crippen LogP) is 0.592. The number of hydrogen-bond acceptors (Lipinski definition) is 2. The van der Waals surface area contributed by atoms with E-state index in [-0.39, 0.29) is 12.5 Å². The Labute approximate surface area is 71.6 Å². The molecule has 0 saturated carbocycles. The van der Waals surface area contributed by atoms with Gasteiger partial charge in [0.05, 0.1) is 12.6 Å². The van der Waals surface area contributed by atoms with Crippen molar-refractivity contribution in [2.24, 2.45) is 5.73 Å². The summed E-state index contributed by atoms with van der Waals surface area (Å²) >= 11 is 5.42. The van der Waals surface area contributed by atoms with E-state index in [1.54, 1.807) is 0 Å². The first-order chi connectivity index (χ1) is 5.07. The molecule has 0 bridgehead atoms. The summed E-state index contributed by atoms with van der Waals surface area (Å²) in [5, 5.41) is 2.94. The average Bonchev–Trinajstić information content (AvgIpc) is 1.98. The molecule has 0 aliphatic rings. The van der Waals surface area contributed by atoms with E-state index in [0.29, 0.717) is 11.5 Å². The van der Waals surface area contributed by atoms with E-state index >= 15 is 0 Å². The molecule has 1 atom stereocenters. The first kappa shape index (κ1) is 10.5. The van der Waals surface area contributed by atoms with Crippen LogP contribution in [0.25, 0.3) is 0 Å². The maximum absolute atomic E-state index is 10.9. The van der Waals surface area contributed by atoms with E-state index in [0.717, 1.165) is 0 Å². The summed E-state index contributed by atoms with van der Waals surface area (Å²) in [6.07, 6.45) is 0.626. The third-order valence-corrected chi connectivity index (χ3v) is 1.36. The quantitative estimate of drug-likeness (QED) is 0.659. The standard InChI is InChI=1S/C7H13ClN2O/c1-3-6(9)7(11)10-4-5(2)8/h6H,2-4,9H2,1H3,(H,10,11)/t6-/m0/s1. The molecule has 4 heteroatoms. The summed E-state index contributed by atoms with van der Waals surface area (Å²) < 4.78 is 0. The Bertz CT molecular complexity index is 159. The summed E-state index contributed by atoms with van der Waals surface area (Å²) in [5.41, 5.74) is 5.42. The van der Waals surface area contributed by atoms with Crippen LogP contribution in [0.2, 0.25) is 0 Å². The Hall–Kier alpha value is -0.540. The van der Waals surface area contributed by atoms with Crippen molar-refractivity contribution in [1.82, 2.24) is 5.32 Å². The second-order valence-electron chi connectivity index (χ2n) is 2.25. The maximum Gasteiger partial charge on any atom is 0.237 e. The van der Waals surface area contributed by atoms with Crippen LogP contribution in [0.15, 0.2) is 11.6 Å². The second kappa shape index (κ2) is 5.16. The highest BCUT2D eigenvalue weighted by Crippen LogP contribution is 1.93. The fraction of sp³-hybridized carbons (Fsp3) is 0.571. The van der Waals surface area contributed by atoms with Crippen LogP contribution in [-0.4, -0.2) is 18.5 Å². The van der Waals surface area contributed by atoms with Gasteiger partial charge < -0.3 is 11.1 Å². The van der Waals surface area contributed by atoms with Gasteiger partial charge >= 0.3 is 0 Å². The van der Waals surface area contributed by atoms with Crippen LogP contribution in [0.3, 0.4) is 0 Å². The molecule has 0 aromatic carbocycles. The lowest BCUT2D eigenvalue weighted by Gasteiger charge is -2.08. The van der Waals surface area contributed by atoms with Gasteiger partial charge in [0.15, 0.2) is 0 Å². The van der Waals surface area contributed by atoms with Gasteiger partial charge in [0, 0.05) is 5.03 Å². The average molecular weight is 177 g/mol. The number of carbonyl (C=O) groups is 1. The van der Waals surface area contributed by atoms with Gasteiger partial charge in [-0.05, 0) is 6.42 Å². The van der Waals surface area contributed by atoms with Gasteiger partial charge in [0.1, 0.15) is 0 Å². The Morgan fingerprint density at radius 2 is 2.36 bits per heavy atom. The van der Waals surface area contributed by atoms with Crippen molar-refractivity contribution in [3.05, 3.63) is 11.6 Å². The Morgan fingerprint density at radius 1 is 1.82 bits per heavy atom. The number of carbonyl (C=O) groups excluding carboxylic acids is 1. The second-order valence-corrected chi connectivity index (χ2v) is 2.78. The largest absolute Gasteiger partial charge is 0.350 e. The zero-order valence-corrected chi connectivity index (χ0v) is 7.32. The molecule has 0 radical (unpaired) electrons. The normalized spacial score (nSPS) is 12.3. The maximum atomic E-state index is 10.9. The lowest BCUT2D eigenvalue weighted by Crippen LogP contribution is -2.40. The molecular weight excluding hydrogens is 164 g/mol. The number of hydrogen-bond donors (Lipinski definition) is 2. The summed E-state index contributed by atoms with van der Waals surface area (Å²) in [6, 6.07) is -0.439. The van der Waals surface area contributed by atoms with E-state index in [2.05, 4.69) is 11.9 Å². The molecule has 11 heavy (non-hydrogen) atoms. The molecule has 0 heterocycles. The molecule has 0 unspecified atom stereocenters. The highest BCUT2D eigenvalue weighted by molar-refractivity contribution is 6.29. The van der Waals surface area contributed by atoms with Crippen molar-refractivity contribution in [1.29, 1.82) is 0 Å². The Morgan fingerprint density at radius 3 is 2.73 bits per heavy atom. The minimum Gasteiger partial charge on any atom is -0.350 e. The molecule has 64 valence electrons. The molecule has 3 nitrogen and oxygen atoms in total. The van der Waals surface area contributed by atoms with Gasteiger partial charge in [-0.3, -0.25) is 4.79 Å². The monoisotopic (exact) mass is 176 g/mol. The fourth-order valence-electron chi connectivity index (χ4n) is 0.500. The first-order valence-corrected chi connectivity index (χ1v) is 3.82.